The Morgan fingerprint density at radius 2 is 1.70 bits per heavy atom. The van der Waals surface area contributed by atoms with Crippen LogP contribution in [0.4, 0.5) is 0 Å². The van der Waals surface area contributed by atoms with E-state index in [4.69, 9.17) is 0 Å². The summed E-state index contributed by atoms with van der Waals surface area (Å²) in [5.74, 6) is 0. The Kier molecular flexibility index (Phi) is 5.72. The van der Waals surface area contributed by atoms with Crippen molar-refractivity contribution in [2.75, 3.05) is 19.6 Å². The molecule has 2 saturated heterocycles. The van der Waals surface area contributed by atoms with E-state index in [1.54, 1.807) is 12.1 Å². The predicted molar refractivity (Wildman–Crippen MR) is 103 cm³/mol. The zero-order valence-electron chi connectivity index (χ0n) is 15.7. The molecule has 1 N–H and O–H groups in total. The molecular weight excluding hydrogens is 362 g/mol. The van der Waals surface area contributed by atoms with Gasteiger partial charge in [0.15, 0.2) is 0 Å². The van der Waals surface area contributed by atoms with E-state index in [-0.39, 0.29) is 10.5 Å². The van der Waals surface area contributed by atoms with E-state index in [0.29, 0.717) is 0 Å². The first-order chi connectivity index (χ1) is 12.7. The zero-order valence-corrected chi connectivity index (χ0v) is 16.5. The number of aliphatic hydroxyl groups is 1. The minimum absolute atomic E-state index is 0.178. The van der Waals surface area contributed by atoms with Gasteiger partial charge in [0.25, 0.3) is 0 Å². The van der Waals surface area contributed by atoms with E-state index >= 15 is 0 Å². The van der Waals surface area contributed by atoms with Crippen LogP contribution in [-0.4, -0.2) is 47.8 Å². The van der Waals surface area contributed by atoms with Gasteiger partial charge < -0.3 is 14.1 Å². The van der Waals surface area contributed by atoms with Crippen LogP contribution in [0.15, 0.2) is 59.5 Å². The van der Waals surface area contributed by atoms with Crippen LogP contribution in [-0.2, 0) is 16.7 Å². The van der Waals surface area contributed by atoms with E-state index < -0.39 is 10.1 Å². The zero-order chi connectivity index (χ0) is 19.5. The third-order valence-electron chi connectivity index (χ3n) is 5.63. The van der Waals surface area contributed by atoms with Gasteiger partial charge in [0, 0.05) is 12.0 Å². The van der Waals surface area contributed by atoms with E-state index in [1.807, 2.05) is 6.92 Å². The van der Waals surface area contributed by atoms with Crippen molar-refractivity contribution in [2.45, 2.75) is 43.2 Å². The van der Waals surface area contributed by atoms with Crippen molar-refractivity contribution in [3.05, 3.63) is 65.7 Å². The Labute approximate surface area is 161 Å². The highest BCUT2D eigenvalue weighted by atomic mass is 32.2. The standard InChI is InChI=1S/C14H20NO.C7H8O3S/c16-14-7-4-9-15(12-14,10-8-14)11-13-5-2-1-3-6-13;1-6-2-4-7(5-3-6)11(8,9)10/h1-3,5-6,16H,4,7-12H2;2-5H,1H3,(H,8,9,10)/q+1;/p-1. The third kappa shape index (κ3) is 5.17. The van der Waals surface area contributed by atoms with E-state index in [9.17, 15) is 18.1 Å². The largest absolute Gasteiger partial charge is 0.744 e. The minimum atomic E-state index is -4.27. The van der Waals surface area contributed by atoms with Gasteiger partial charge in [0.1, 0.15) is 28.8 Å². The fraction of sp³-hybridized carbons (Fsp3) is 0.429. The van der Waals surface area contributed by atoms with Crippen molar-refractivity contribution in [1.82, 2.24) is 0 Å². The maximum absolute atomic E-state index is 10.4. The number of nitrogens with zero attached hydrogens (tertiary/aromatic N) is 1. The number of hydrogen-bond acceptors (Lipinski definition) is 4. The monoisotopic (exact) mass is 389 g/mol. The lowest BCUT2D eigenvalue weighted by Gasteiger charge is -2.39. The highest BCUT2D eigenvalue weighted by molar-refractivity contribution is 7.85. The van der Waals surface area contributed by atoms with Crippen LogP contribution in [0.25, 0.3) is 0 Å². The first kappa shape index (κ1) is 20.0. The van der Waals surface area contributed by atoms with Crippen molar-refractivity contribution < 1.29 is 22.6 Å². The van der Waals surface area contributed by atoms with Crippen LogP contribution < -0.4 is 0 Å². The Balaban J connectivity index is 0.000000168. The average Bonchev–Trinajstić information content (AvgIpc) is 2.84. The molecule has 2 unspecified atom stereocenters. The fourth-order valence-corrected chi connectivity index (χ4v) is 4.73. The van der Waals surface area contributed by atoms with E-state index in [2.05, 4.69) is 30.3 Å². The molecule has 5 nitrogen and oxygen atoms in total. The second-order valence-electron chi connectivity index (χ2n) is 7.94. The number of quaternary nitrogens is 1. The van der Waals surface area contributed by atoms with Crippen LogP contribution in [0.1, 0.15) is 30.4 Å². The summed E-state index contributed by atoms with van der Waals surface area (Å²) in [6, 6.07) is 16.5. The second kappa shape index (κ2) is 7.72. The van der Waals surface area contributed by atoms with Crippen LogP contribution in [0.5, 0.6) is 0 Å². The lowest BCUT2D eigenvalue weighted by Crippen LogP contribution is -2.52. The summed E-state index contributed by atoms with van der Waals surface area (Å²) >= 11 is 0. The van der Waals surface area contributed by atoms with Crippen LogP contribution in [0.2, 0.25) is 0 Å². The number of hydrogen-bond donors (Lipinski definition) is 1. The molecule has 2 fully saturated rings. The SMILES string of the molecule is Cc1ccc(S(=O)(=O)[O-])cc1.OC12CCC[N+](Cc3ccccc3)(CC1)C2. The summed E-state index contributed by atoms with van der Waals surface area (Å²) in [6.45, 7) is 6.30. The van der Waals surface area contributed by atoms with Crippen molar-refractivity contribution in [2.24, 2.45) is 0 Å². The number of aryl methyl sites for hydroxylation is 1. The molecule has 2 atom stereocenters. The smallest absolute Gasteiger partial charge is 0.124 e. The molecule has 0 amide bonds. The molecule has 0 aromatic heterocycles. The molecule has 0 aliphatic carbocycles. The average molecular weight is 390 g/mol. The number of fused-ring (bicyclic) bond motifs is 2. The topological polar surface area (TPSA) is 77.4 Å². The normalized spacial score (nSPS) is 26.9. The van der Waals surface area contributed by atoms with Crippen molar-refractivity contribution in [3.63, 3.8) is 0 Å². The molecule has 4 rings (SSSR count). The van der Waals surface area contributed by atoms with Crippen molar-refractivity contribution in [1.29, 1.82) is 0 Å². The van der Waals surface area contributed by atoms with Gasteiger partial charge in [-0.2, -0.15) is 0 Å². The van der Waals surface area contributed by atoms with Gasteiger partial charge in [0.2, 0.25) is 0 Å². The van der Waals surface area contributed by atoms with Gasteiger partial charge in [-0.25, -0.2) is 8.42 Å². The Bertz CT molecular complexity index is 867. The van der Waals surface area contributed by atoms with Gasteiger partial charge in [-0.15, -0.1) is 0 Å². The highest BCUT2D eigenvalue weighted by Gasteiger charge is 2.50. The third-order valence-corrected chi connectivity index (χ3v) is 6.48. The molecular formula is C21H27NO4S. The predicted octanol–water partition coefficient (Wildman–Crippen LogP) is 2.83. The molecule has 0 spiro atoms. The lowest BCUT2D eigenvalue weighted by atomic mass is 9.94. The fourth-order valence-electron chi connectivity index (χ4n) is 4.26. The van der Waals surface area contributed by atoms with E-state index in [1.165, 1.54) is 30.7 Å². The maximum atomic E-state index is 10.4. The summed E-state index contributed by atoms with van der Waals surface area (Å²) in [7, 11) is -4.27. The molecule has 2 bridgehead atoms. The van der Waals surface area contributed by atoms with Crippen LogP contribution >= 0.6 is 0 Å². The first-order valence-electron chi connectivity index (χ1n) is 9.34. The van der Waals surface area contributed by atoms with E-state index in [0.717, 1.165) is 42.5 Å². The van der Waals surface area contributed by atoms with Gasteiger partial charge in [-0.05, 0) is 31.9 Å². The quantitative estimate of drug-likeness (QED) is 0.647. The Morgan fingerprint density at radius 1 is 1.04 bits per heavy atom. The molecule has 0 radical (unpaired) electrons. The van der Waals surface area contributed by atoms with Crippen LogP contribution in [0.3, 0.4) is 0 Å². The number of piperidine rings is 1. The highest BCUT2D eigenvalue weighted by Crippen LogP contribution is 2.38. The minimum Gasteiger partial charge on any atom is -0.744 e. The number of benzene rings is 2. The van der Waals surface area contributed by atoms with Gasteiger partial charge in [-0.1, -0.05) is 48.0 Å². The summed E-state index contributed by atoms with van der Waals surface area (Å²) in [6.07, 6.45) is 3.20. The molecule has 2 aromatic rings. The molecule has 2 aromatic carbocycles. The number of rotatable bonds is 3. The molecule has 2 aliphatic heterocycles. The summed E-state index contributed by atoms with van der Waals surface area (Å²) in [4.78, 5) is -0.178. The van der Waals surface area contributed by atoms with Gasteiger partial charge >= 0.3 is 0 Å². The maximum Gasteiger partial charge on any atom is 0.124 e. The first-order valence-corrected chi connectivity index (χ1v) is 10.7. The Morgan fingerprint density at radius 3 is 2.33 bits per heavy atom. The van der Waals surface area contributed by atoms with Crippen LogP contribution in [0, 0.1) is 6.92 Å². The molecule has 146 valence electrons. The van der Waals surface area contributed by atoms with Crippen molar-refractivity contribution >= 4 is 10.1 Å². The molecule has 2 aliphatic rings. The summed E-state index contributed by atoms with van der Waals surface area (Å²) in [5, 5.41) is 10.3. The Hall–Kier alpha value is -1.73. The van der Waals surface area contributed by atoms with Crippen molar-refractivity contribution in [3.8, 4) is 0 Å². The molecule has 0 saturated carbocycles. The van der Waals surface area contributed by atoms with Gasteiger partial charge in [0.05, 0.1) is 18.0 Å². The molecule has 27 heavy (non-hydrogen) atoms. The summed E-state index contributed by atoms with van der Waals surface area (Å²) in [5.41, 5.74) is 2.00. The summed E-state index contributed by atoms with van der Waals surface area (Å²) < 4.78 is 32.3. The lowest BCUT2D eigenvalue weighted by molar-refractivity contribution is -0.936. The molecule has 6 heteroatoms. The van der Waals surface area contributed by atoms with Gasteiger partial charge in [-0.3, -0.25) is 0 Å². The second-order valence-corrected chi connectivity index (χ2v) is 9.32. The molecule has 2 heterocycles.